The van der Waals surface area contributed by atoms with Crippen LogP contribution in [0.5, 0.6) is 0 Å². The number of hydrogen-bond donors (Lipinski definition) is 1. The van der Waals surface area contributed by atoms with Crippen LogP contribution < -0.4 is 0 Å². The van der Waals surface area contributed by atoms with Crippen LogP contribution in [0.2, 0.25) is 0 Å². The molecule has 22 heavy (non-hydrogen) atoms. The molecule has 0 atom stereocenters. The van der Waals surface area contributed by atoms with Crippen LogP contribution in [0.15, 0.2) is 23.8 Å². The zero-order valence-corrected chi connectivity index (χ0v) is 13.7. The molecule has 0 aromatic carbocycles. The predicted molar refractivity (Wildman–Crippen MR) is 89.7 cm³/mol. The van der Waals surface area contributed by atoms with Crippen molar-refractivity contribution in [1.29, 1.82) is 0 Å². The molecule has 1 N–H and O–H groups in total. The normalized spacial score (nSPS) is 14.5. The van der Waals surface area contributed by atoms with Gasteiger partial charge in [0.25, 0.3) is 0 Å². The summed E-state index contributed by atoms with van der Waals surface area (Å²) >= 11 is 0. The van der Waals surface area contributed by atoms with Crippen LogP contribution >= 0.6 is 0 Å². The fraction of sp³-hybridized carbons (Fsp3) is 0.684. The molecule has 0 saturated carbocycles. The van der Waals surface area contributed by atoms with Gasteiger partial charge < -0.3 is 5.11 Å². The van der Waals surface area contributed by atoms with E-state index >= 15 is 0 Å². The first-order valence-electron chi connectivity index (χ1n) is 8.82. The predicted octanol–water partition coefficient (Wildman–Crippen LogP) is 4.29. The van der Waals surface area contributed by atoms with Gasteiger partial charge in [0.15, 0.2) is 11.6 Å². The molecule has 0 aliphatic heterocycles. The molecule has 0 saturated heterocycles. The van der Waals surface area contributed by atoms with Crippen molar-refractivity contribution in [2.24, 2.45) is 0 Å². The summed E-state index contributed by atoms with van der Waals surface area (Å²) in [4.78, 5) is 22.8. The Hall–Kier alpha value is -1.22. The third kappa shape index (κ3) is 8.93. The van der Waals surface area contributed by atoms with Gasteiger partial charge in [-0.05, 0) is 37.5 Å². The van der Waals surface area contributed by atoms with Crippen molar-refractivity contribution in [2.45, 2.75) is 77.0 Å². The fourth-order valence-corrected chi connectivity index (χ4v) is 2.77. The molecule has 0 aromatic rings. The molecule has 3 nitrogen and oxygen atoms in total. The smallest absolute Gasteiger partial charge is 0.182 e. The number of ketones is 2. The largest absolute Gasteiger partial charge is 0.396 e. The van der Waals surface area contributed by atoms with Crippen LogP contribution in [-0.2, 0) is 9.59 Å². The molecule has 124 valence electrons. The zero-order chi connectivity index (χ0) is 16.0. The van der Waals surface area contributed by atoms with E-state index in [2.05, 4.69) is 0 Å². The minimum Gasteiger partial charge on any atom is -0.396 e. The number of aliphatic hydroxyl groups excluding tert-OH is 1. The number of rotatable bonds is 13. The van der Waals surface area contributed by atoms with Crippen LogP contribution in [0.4, 0.5) is 0 Å². The highest BCUT2D eigenvalue weighted by molar-refractivity contribution is 6.17. The lowest BCUT2D eigenvalue weighted by Gasteiger charge is -2.06. The quantitative estimate of drug-likeness (QED) is 0.408. The summed E-state index contributed by atoms with van der Waals surface area (Å²) in [6.45, 7) is 0.326. The molecule has 0 fully saturated rings. The second-order valence-electron chi connectivity index (χ2n) is 6.13. The standard InChI is InChI=1S/C19H30O3/c20-15-11-9-7-5-3-1-2-4-6-8-10-12-17-16-18(21)13-14-19(17)22/h13-14,16,20H,1-12,15H2. The van der Waals surface area contributed by atoms with E-state index in [1.165, 1.54) is 63.2 Å². The van der Waals surface area contributed by atoms with Gasteiger partial charge in [-0.25, -0.2) is 0 Å². The van der Waals surface area contributed by atoms with Crippen LogP contribution in [0.3, 0.4) is 0 Å². The first-order valence-corrected chi connectivity index (χ1v) is 8.82. The van der Waals surface area contributed by atoms with Crippen LogP contribution in [0, 0.1) is 0 Å². The van der Waals surface area contributed by atoms with E-state index in [4.69, 9.17) is 5.11 Å². The molecule has 3 heteroatoms. The van der Waals surface area contributed by atoms with Gasteiger partial charge in [-0.1, -0.05) is 57.8 Å². The van der Waals surface area contributed by atoms with Gasteiger partial charge in [-0.15, -0.1) is 0 Å². The third-order valence-corrected chi connectivity index (χ3v) is 4.14. The lowest BCUT2D eigenvalue weighted by atomic mass is 9.97. The minimum absolute atomic E-state index is 0.000739. The second-order valence-corrected chi connectivity index (χ2v) is 6.13. The van der Waals surface area contributed by atoms with Gasteiger partial charge in [0.2, 0.25) is 0 Å². The Bertz CT molecular complexity index is 393. The highest BCUT2D eigenvalue weighted by atomic mass is 16.2. The van der Waals surface area contributed by atoms with Gasteiger partial charge in [0, 0.05) is 12.2 Å². The van der Waals surface area contributed by atoms with E-state index in [9.17, 15) is 9.59 Å². The SMILES string of the molecule is O=C1C=CC(=O)C(CCCCCCCCCCCCCO)=C1. The summed E-state index contributed by atoms with van der Waals surface area (Å²) in [6.07, 6.45) is 18.1. The maximum Gasteiger partial charge on any atom is 0.182 e. The molecule has 0 bridgehead atoms. The van der Waals surface area contributed by atoms with Gasteiger partial charge >= 0.3 is 0 Å². The van der Waals surface area contributed by atoms with E-state index in [-0.39, 0.29) is 11.6 Å². The van der Waals surface area contributed by atoms with E-state index in [0.29, 0.717) is 12.2 Å². The third-order valence-electron chi connectivity index (χ3n) is 4.14. The minimum atomic E-state index is -0.0615. The molecule has 0 heterocycles. The molecule has 0 unspecified atom stereocenters. The highest BCUT2D eigenvalue weighted by Crippen LogP contribution is 2.16. The lowest BCUT2D eigenvalue weighted by molar-refractivity contribution is -0.114. The molecule has 1 aliphatic carbocycles. The second kappa shape index (κ2) is 12.3. The molecular weight excluding hydrogens is 276 g/mol. The molecule has 0 radical (unpaired) electrons. The molecule has 0 spiro atoms. The van der Waals surface area contributed by atoms with Crippen molar-refractivity contribution in [1.82, 2.24) is 0 Å². The maximum atomic E-state index is 11.6. The van der Waals surface area contributed by atoms with Crippen LogP contribution in [-0.4, -0.2) is 23.3 Å². The highest BCUT2D eigenvalue weighted by Gasteiger charge is 2.12. The van der Waals surface area contributed by atoms with E-state index in [1.807, 2.05) is 0 Å². The maximum absolute atomic E-state index is 11.6. The average Bonchev–Trinajstić information content (AvgIpc) is 2.51. The molecule has 0 aromatic heterocycles. The number of aliphatic hydroxyl groups is 1. The number of carbonyl (C=O) groups is 2. The summed E-state index contributed by atoms with van der Waals surface area (Å²) in [7, 11) is 0. The first kappa shape index (κ1) is 18.8. The molecule has 0 amide bonds. The topological polar surface area (TPSA) is 54.4 Å². The number of hydrogen-bond acceptors (Lipinski definition) is 3. The van der Waals surface area contributed by atoms with E-state index in [0.717, 1.165) is 32.1 Å². The van der Waals surface area contributed by atoms with Crippen molar-refractivity contribution >= 4 is 11.6 Å². The summed E-state index contributed by atoms with van der Waals surface area (Å²) in [5.74, 6) is -0.0608. The monoisotopic (exact) mass is 306 g/mol. The van der Waals surface area contributed by atoms with Gasteiger partial charge in [0.05, 0.1) is 0 Å². The lowest BCUT2D eigenvalue weighted by Crippen LogP contribution is -2.07. The van der Waals surface area contributed by atoms with Crippen molar-refractivity contribution in [3.8, 4) is 0 Å². The average molecular weight is 306 g/mol. The summed E-state index contributed by atoms with van der Waals surface area (Å²) in [5.41, 5.74) is 0.676. The number of allylic oxidation sites excluding steroid dienone is 4. The first-order chi connectivity index (χ1) is 10.7. The van der Waals surface area contributed by atoms with E-state index in [1.54, 1.807) is 0 Å². The molecular formula is C19H30O3. The van der Waals surface area contributed by atoms with Crippen LogP contribution in [0.25, 0.3) is 0 Å². The van der Waals surface area contributed by atoms with Crippen molar-refractivity contribution in [3.63, 3.8) is 0 Å². The Labute approximate surface area is 134 Å². The van der Waals surface area contributed by atoms with Crippen molar-refractivity contribution < 1.29 is 14.7 Å². The van der Waals surface area contributed by atoms with Crippen molar-refractivity contribution in [2.75, 3.05) is 6.61 Å². The van der Waals surface area contributed by atoms with Crippen molar-refractivity contribution in [3.05, 3.63) is 23.8 Å². The van der Waals surface area contributed by atoms with Crippen LogP contribution in [0.1, 0.15) is 77.0 Å². The fourth-order valence-electron chi connectivity index (χ4n) is 2.77. The molecule has 1 rings (SSSR count). The van der Waals surface area contributed by atoms with Gasteiger partial charge in [-0.2, -0.15) is 0 Å². The van der Waals surface area contributed by atoms with Gasteiger partial charge in [0.1, 0.15) is 0 Å². The summed E-state index contributed by atoms with van der Waals surface area (Å²) in [5, 5.41) is 8.68. The Morgan fingerprint density at radius 2 is 1.18 bits per heavy atom. The van der Waals surface area contributed by atoms with E-state index < -0.39 is 0 Å². The Morgan fingerprint density at radius 1 is 0.682 bits per heavy atom. The number of carbonyl (C=O) groups excluding carboxylic acids is 2. The summed E-state index contributed by atoms with van der Waals surface area (Å²) < 4.78 is 0. The Kier molecular flexibility index (Phi) is 10.6. The Balaban J connectivity index is 1.88. The summed E-state index contributed by atoms with van der Waals surface area (Å²) in [6, 6.07) is 0. The zero-order valence-electron chi connectivity index (χ0n) is 13.7. The molecule has 1 aliphatic rings. The van der Waals surface area contributed by atoms with Gasteiger partial charge in [-0.3, -0.25) is 9.59 Å². The number of unbranched alkanes of at least 4 members (excludes halogenated alkanes) is 10. The Morgan fingerprint density at radius 3 is 1.73 bits per heavy atom.